The van der Waals surface area contributed by atoms with E-state index in [4.69, 9.17) is 14.2 Å². The molecule has 0 saturated heterocycles. The fraction of sp³-hybridized carbons (Fsp3) is 0.400. The zero-order valence-corrected chi connectivity index (χ0v) is 20.5. The molecule has 0 unspecified atom stereocenters. The Morgan fingerprint density at radius 3 is 2.03 bits per heavy atom. The van der Waals surface area contributed by atoms with E-state index in [-0.39, 0.29) is 0 Å². The predicted octanol–water partition coefficient (Wildman–Crippen LogP) is 4.54. The normalized spacial score (nSPS) is 10.9. The molecule has 0 aliphatic heterocycles. The average molecular weight is 472 g/mol. The first-order chi connectivity index (χ1) is 16.0. The molecule has 3 N–H and O–H groups in total. The lowest BCUT2D eigenvalue weighted by atomic mass is 10.1. The zero-order chi connectivity index (χ0) is 25.3. The maximum Gasteiger partial charge on any atom is 0.412 e. The molecular weight excluding hydrogens is 438 g/mol. The Bertz CT molecular complexity index is 997. The molecule has 0 aliphatic carbocycles. The number of hydrazine groups is 1. The maximum atomic E-state index is 12.5. The second-order valence-electron chi connectivity index (χ2n) is 9.01. The summed E-state index contributed by atoms with van der Waals surface area (Å²) < 4.78 is 16.2. The van der Waals surface area contributed by atoms with Gasteiger partial charge in [0.1, 0.15) is 5.60 Å². The molecule has 0 fully saturated rings. The Hall–Kier alpha value is -3.75. The Morgan fingerprint density at radius 2 is 1.47 bits per heavy atom. The summed E-state index contributed by atoms with van der Waals surface area (Å²) in [7, 11) is 1.50. The minimum atomic E-state index is -0.618. The van der Waals surface area contributed by atoms with Gasteiger partial charge in [-0.25, -0.2) is 4.79 Å². The molecule has 34 heavy (non-hydrogen) atoms. The van der Waals surface area contributed by atoms with Crippen molar-refractivity contribution in [2.45, 2.75) is 46.6 Å². The number of hydrogen-bond donors (Lipinski definition) is 3. The predicted molar refractivity (Wildman–Crippen MR) is 129 cm³/mol. The van der Waals surface area contributed by atoms with Gasteiger partial charge in [-0.05, 0) is 75.6 Å². The average Bonchev–Trinajstić information content (AvgIpc) is 2.76. The molecule has 2 rings (SSSR count). The summed E-state index contributed by atoms with van der Waals surface area (Å²) >= 11 is 0. The van der Waals surface area contributed by atoms with Gasteiger partial charge in [-0.1, -0.05) is 13.8 Å². The molecular formula is C25H33N3O6. The summed E-state index contributed by atoms with van der Waals surface area (Å²) in [4.78, 5) is 36.7. The van der Waals surface area contributed by atoms with Crippen LogP contribution in [0.1, 0.15) is 61.8 Å². The van der Waals surface area contributed by atoms with E-state index < -0.39 is 23.5 Å². The molecule has 2 aromatic carbocycles. The van der Waals surface area contributed by atoms with Gasteiger partial charge in [0, 0.05) is 16.8 Å². The number of methoxy groups -OCH3 is 1. The molecule has 0 heterocycles. The third-order valence-corrected chi connectivity index (χ3v) is 4.46. The molecule has 0 bridgehead atoms. The first-order valence-corrected chi connectivity index (χ1v) is 11.0. The van der Waals surface area contributed by atoms with Gasteiger partial charge in [-0.15, -0.1) is 0 Å². The van der Waals surface area contributed by atoms with Crippen molar-refractivity contribution in [3.05, 3.63) is 53.6 Å². The van der Waals surface area contributed by atoms with Gasteiger partial charge in [0.15, 0.2) is 11.5 Å². The van der Waals surface area contributed by atoms with Crippen LogP contribution in [0.15, 0.2) is 42.5 Å². The van der Waals surface area contributed by atoms with Crippen LogP contribution in [-0.2, 0) is 4.74 Å². The summed E-state index contributed by atoms with van der Waals surface area (Å²) in [5.74, 6) is 0.457. The molecule has 0 radical (unpaired) electrons. The maximum absolute atomic E-state index is 12.5. The molecule has 184 valence electrons. The van der Waals surface area contributed by atoms with Gasteiger partial charge in [0.2, 0.25) is 0 Å². The number of benzene rings is 2. The highest BCUT2D eigenvalue weighted by atomic mass is 16.6. The number of hydrogen-bond acceptors (Lipinski definition) is 6. The number of carbonyl (C=O) groups is 3. The quantitative estimate of drug-likeness (QED) is 0.487. The number of ether oxygens (including phenoxy) is 3. The van der Waals surface area contributed by atoms with Crippen molar-refractivity contribution < 1.29 is 28.6 Å². The van der Waals surface area contributed by atoms with Crippen molar-refractivity contribution in [1.82, 2.24) is 10.9 Å². The Balaban J connectivity index is 1.91. The van der Waals surface area contributed by atoms with Crippen molar-refractivity contribution in [3.8, 4) is 11.5 Å². The second-order valence-corrected chi connectivity index (χ2v) is 9.01. The largest absolute Gasteiger partial charge is 0.493 e. The number of carbonyl (C=O) groups excluding carboxylic acids is 3. The van der Waals surface area contributed by atoms with Crippen molar-refractivity contribution in [2.24, 2.45) is 5.92 Å². The highest BCUT2D eigenvalue weighted by Crippen LogP contribution is 2.28. The van der Waals surface area contributed by atoms with Gasteiger partial charge in [-0.3, -0.25) is 25.8 Å². The van der Waals surface area contributed by atoms with E-state index in [0.717, 1.165) is 6.42 Å². The Morgan fingerprint density at radius 1 is 0.882 bits per heavy atom. The van der Waals surface area contributed by atoms with Crippen LogP contribution in [0.3, 0.4) is 0 Å². The van der Waals surface area contributed by atoms with E-state index in [0.29, 0.717) is 40.8 Å². The van der Waals surface area contributed by atoms with Crippen LogP contribution in [0.4, 0.5) is 10.5 Å². The fourth-order valence-electron chi connectivity index (χ4n) is 2.72. The monoisotopic (exact) mass is 471 g/mol. The molecule has 2 aromatic rings. The molecule has 0 spiro atoms. The van der Waals surface area contributed by atoms with Crippen LogP contribution < -0.4 is 25.6 Å². The van der Waals surface area contributed by atoms with Crippen LogP contribution in [0, 0.1) is 5.92 Å². The highest BCUT2D eigenvalue weighted by molar-refractivity contribution is 5.99. The zero-order valence-electron chi connectivity index (χ0n) is 20.5. The first-order valence-electron chi connectivity index (χ1n) is 11.0. The molecule has 9 heteroatoms. The van der Waals surface area contributed by atoms with Gasteiger partial charge >= 0.3 is 6.09 Å². The standard InChI is InChI=1S/C25H33N3O6/c1-16(2)13-14-33-20-12-9-18(15-21(20)32-6)23(30)28-27-22(29)17-7-10-19(11-8-17)26-24(31)34-25(3,4)5/h7-12,15-16H,13-14H2,1-6H3,(H,26,31)(H,27,29)(H,28,30). The molecule has 9 nitrogen and oxygen atoms in total. The summed E-state index contributed by atoms with van der Waals surface area (Å²) in [6, 6.07) is 10.9. The summed E-state index contributed by atoms with van der Waals surface area (Å²) in [5.41, 5.74) is 5.18. The topological polar surface area (TPSA) is 115 Å². The number of amides is 3. The Labute approximate surface area is 200 Å². The third-order valence-electron chi connectivity index (χ3n) is 4.46. The van der Waals surface area contributed by atoms with Gasteiger partial charge in [0.25, 0.3) is 11.8 Å². The minimum Gasteiger partial charge on any atom is -0.493 e. The number of rotatable bonds is 8. The van der Waals surface area contributed by atoms with Gasteiger partial charge in [0.05, 0.1) is 13.7 Å². The van der Waals surface area contributed by atoms with Crippen molar-refractivity contribution in [3.63, 3.8) is 0 Å². The van der Waals surface area contributed by atoms with E-state index in [2.05, 4.69) is 30.0 Å². The van der Waals surface area contributed by atoms with Crippen LogP contribution in [-0.4, -0.2) is 37.2 Å². The number of nitrogens with one attached hydrogen (secondary N) is 3. The van der Waals surface area contributed by atoms with Crippen LogP contribution >= 0.6 is 0 Å². The minimum absolute atomic E-state index is 0.293. The SMILES string of the molecule is COc1cc(C(=O)NNC(=O)c2ccc(NC(=O)OC(C)(C)C)cc2)ccc1OCCC(C)C. The van der Waals surface area contributed by atoms with Crippen molar-refractivity contribution in [1.29, 1.82) is 0 Å². The van der Waals surface area contributed by atoms with Crippen molar-refractivity contribution in [2.75, 3.05) is 19.0 Å². The highest BCUT2D eigenvalue weighted by Gasteiger charge is 2.17. The lowest BCUT2D eigenvalue weighted by molar-refractivity contribution is 0.0635. The summed E-state index contributed by atoms with van der Waals surface area (Å²) in [5, 5.41) is 2.59. The van der Waals surface area contributed by atoms with Crippen LogP contribution in [0.25, 0.3) is 0 Å². The van der Waals surface area contributed by atoms with Gasteiger partial charge in [-0.2, -0.15) is 0 Å². The summed E-state index contributed by atoms with van der Waals surface area (Å²) in [6.45, 7) is 10.1. The van der Waals surface area contributed by atoms with Gasteiger partial charge < -0.3 is 14.2 Å². The smallest absolute Gasteiger partial charge is 0.412 e. The summed E-state index contributed by atoms with van der Waals surface area (Å²) in [6.07, 6.45) is 0.305. The van der Waals surface area contributed by atoms with E-state index in [1.807, 2.05) is 0 Å². The van der Waals surface area contributed by atoms with E-state index in [1.54, 1.807) is 51.1 Å². The molecule has 0 aromatic heterocycles. The van der Waals surface area contributed by atoms with E-state index in [1.165, 1.54) is 19.2 Å². The van der Waals surface area contributed by atoms with E-state index >= 15 is 0 Å². The molecule has 3 amide bonds. The lowest BCUT2D eigenvalue weighted by Gasteiger charge is -2.19. The van der Waals surface area contributed by atoms with Crippen molar-refractivity contribution >= 4 is 23.6 Å². The van der Waals surface area contributed by atoms with Crippen LogP contribution in [0.2, 0.25) is 0 Å². The van der Waals surface area contributed by atoms with Crippen LogP contribution in [0.5, 0.6) is 11.5 Å². The molecule has 0 atom stereocenters. The first kappa shape index (κ1) is 26.5. The lowest BCUT2D eigenvalue weighted by Crippen LogP contribution is -2.41. The Kier molecular flexibility index (Phi) is 9.29. The molecule has 0 saturated carbocycles. The third kappa shape index (κ3) is 8.65. The number of anilines is 1. The molecule has 0 aliphatic rings. The van der Waals surface area contributed by atoms with E-state index in [9.17, 15) is 14.4 Å². The fourth-order valence-corrected chi connectivity index (χ4v) is 2.72. The second kappa shape index (κ2) is 11.9.